The first-order valence-electron chi connectivity index (χ1n) is 4.34. The Labute approximate surface area is 71.5 Å². The van der Waals surface area contributed by atoms with Crippen LogP contribution in [0.1, 0.15) is 25.7 Å². The van der Waals surface area contributed by atoms with Crippen molar-refractivity contribution in [2.75, 3.05) is 6.61 Å². The van der Waals surface area contributed by atoms with Gasteiger partial charge in [-0.15, -0.1) is 0 Å². The van der Waals surface area contributed by atoms with Crippen molar-refractivity contribution in [2.45, 2.75) is 25.7 Å². The average Bonchev–Trinajstić information content (AvgIpc) is 2.16. The second-order valence-electron chi connectivity index (χ2n) is 3.31. The predicted molar refractivity (Wildman–Crippen MR) is 42.5 cm³/mol. The van der Waals surface area contributed by atoms with Crippen LogP contribution in [0.5, 0.6) is 0 Å². The highest BCUT2D eigenvalue weighted by Crippen LogP contribution is 2.29. The third-order valence-electron chi connectivity index (χ3n) is 2.59. The zero-order valence-corrected chi connectivity index (χ0v) is 6.99. The van der Waals surface area contributed by atoms with E-state index in [9.17, 15) is 4.79 Å². The topological polar surface area (TPSA) is 69.6 Å². The first kappa shape index (κ1) is 9.48. The quantitative estimate of drug-likeness (QED) is 0.415. The number of amides is 1. The summed E-state index contributed by atoms with van der Waals surface area (Å²) < 4.78 is 0. The van der Waals surface area contributed by atoms with E-state index in [0.29, 0.717) is 0 Å². The molecular weight excluding hydrogens is 158 g/mol. The molecule has 70 valence electrons. The van der Waals surface area contributed by atoms with Gasteiger partial charge in [0.05, 0.1) is 0 Å². The standard InChI is InChI=1S/C8H15NO3/c10-5-6-3-1-2-4-7(6)8(11)9-12/h6-7,10,12H,1-5H2,(H,9,11)/t6-,7-/m0/s1. The number of carbonyl (C=O) groups excluding carboxylic acids is 1. The van der Waals surface area contributed by atoms with Crippen molar-refractivity contribution < 1.29 is 15.1 Å². The van der Waals surface area contributed by atoms with Crippen LogP contribution in [0, 0.1) is 11.8 Å². The fraction of sp³-hybridized carbons (Fsp3) is 0.875. The molecule has 2 atom stereocenters. The molecule has 3 N–H and O–H groups in total. The van der Waals surface area contributed by atoms with Gasteiger partial charge < -0.3 is 5.11 Å². The van der Waals surface area contributed by atoms with Gasteiger partial charge in [-0.25, -0.2) is 5.48 Å². The van der Waals surface area contributed by atoms with E-state index in [1.165, 1.54) is 0 Å². The zero-order valence-electron chi connectivity index (χ0n) is 6.99. The maximum absolute atomic E-state index is 11.1. The minimum absolute atomic E-state index is 0.0332. The van der Waals surface area contributed by atoms with Crippen LogP contribution < -0.4 is 5.48 Å². The van der Waals surface area contributed by atoms with Crippen molar-refractivity contribution in [3.63, 3.8) is 0 Å². The molecule has 4 heteroatoms. The molecule has 1 aliphatic carbocycles. The largest absolute Gasteiger partial charge is 0.396 e. The Morgan fingerprint density at radius 2 is 2.08 bits per heavy atom. The van der Waals surface area contributed by atoms with Crippen LogP contribution in [-0.2, 0) is 4.79 Å². The number of hydrogen-bond donors (Lipinski definition) is 3. The van der Waals surface area contributed by atoms with Crippen molar-refractivity contribution in [2.24, 2.45) is 11.8 Å². The molecule has 0 aromatic heterocycles. The lowest BCUT2D eigenvalue weighted by Gasteiger charge is -2.27. The Morgan fingerprint density at radius 3 is 2.67 bits per heavy atom. The smallest absolute Gasteiger partial charge is 0.246 e. The number of aliphatic hydroxyl groups excluding tert-OH is 1. The average molecular weight is 173 g/mol. The summed E-state index contributed by atoms with van der Waals surface area (Å²) in [7, 11) is 0. The van der Waals surface area contributed by atoms with Crippen molar-refractivity contribution in [1.82, 2.24) is 5.48 Å². The molecule has 1 amide bonds. The Balaban J connectivity index is 2.52. The van der Waals surface area contributed by atoms with E-state index < -0.39 is 0 Å². The lowest BCUT2D eigenvalue weighted by Crippen LogP contribution is -2.36. The highest BCUT2D eigenvalue weighted by atomic mass is 16.5. The van der Waals surface area contributed by atoms with E-state index in [2.05, 4.69) is 0 Å². The molecule has 1 saturated carbocycles. The highest BCUT2D eigenvalue weighted by molar-refractivity contribution is 5.77. The molecule has 1 rings (SSSR count). The molecule has 0 bridgehead atoms. The van der Waals surface area contributed by atoms with Gasteiger partial charge in [0.2, 0.25) is 5.91 Å². The fourth-order valence-electron chi connectivity index (χ4n) is 1.85. The monoisotopic (exact) mass is 173 g/mol. The predicted octanol–water partition coefficient (Wildman–Crippen LogP) is 0.290. The van der Waals surface area contributed by atoms with E-state index in [-0.39, 0.29) is 24.3 Å². The molecule has 0 aliphatic heterocycles. The van der Waals surface area contributed by atoms with Gasteiger partial charge in [-0.2, -0.15) is 0 Å². The lowest BCUT2D eigenvalue weighted by molar-refractivity contribution is -0.137. The molecular formula is C8H15NO3. The zero-order chi connectivity index (χ0) is 8.97. The number of hydrogen-bond acceptors (Lipinski definition) is 3. The van der Waals surface area contributed by atoms with Gasteiger partial charge in [0.25, 0.3) is 0 Å². The Kier molecular flexibility index (Phi) is 3.49. The first-order chi connectivity index (χ1) is 5.79. The summed E-state index contributed by atoms with van der Waals surface area (Å²) in [5.74, 6) is -0.520. The van der Waals surface area contributed by atoms with E-state index in [0.717, 1.165) is 25.7 Å². The van der Waals surface area contributed by atoms with Crippen LogP contribution in [0.15, 0.2) is 0 Å². The molecule has 0 aromatic rings. The number of nitrogens with one attached hydrogen (secondary N) is 1. The summed E-state index contributed by atoms with van der Waals surface area (Å²) in [6.45, 7) is 0.0398. The van der Waals surface area contributed by atoms with Crippen LogP contribution >= 0.6 is 0 Å². The molecule has 4 nitrogen and oxygen atoms in total. The van der Waals surface area contributed by atoms with Gasteiger partial charge in [-0.3, -0.25) is 10.0 Å². The third-order valence-corrected chi connectivity index (χ3v) is 2.59. The van der Waals surface area contributed by atoms with E-state index in [4.69, 9.17) is 10.3 Å². The number of aliphatic hydroxyl groups is 1. The Morgan fingerprint density at radius 1 is 1.42 bits per heavy atom. The van der Waals surface area contributed by atoms with Crippen LogP contribution in [-0.4, -0.2) is 22.8 Å². The molecule has 0 aromatic carbocycles. The minimum atomic E-state index is -0.353. The van der Waals surface area contributed by atoms with Gasteiger partial charge in [-0.05, 0) is 18.8 Å². The SMILES string of the molecule is O=C(NO)[C@H]1CCCC[C@H]1CO. The van der Waals surface area contributed by atoms with Crippen LogP contribution in [0.4, 0.5) is 0 Å². The van der Waals surface area contributed by atoms with Crippen LogP contribution in [0.25, 0.3) is 0 Å². The molecule has 0 radical (unpaired) electrons. The van der Waals surface area contributed by atoms with Crippen LogP contribution in [0.2, 0.25) is 0 Å². The van der Waals surface area contributed by atoms with E-state index in [1.807, 2.05) is 0 Å². The summed E-state index contributed by atoms with van der Waals surface area (Å²) in [5, 5.41) is 17.4. The summed E-state index contributed by atoms with van der Waals surface area (Å²) in [6, 6.07) is 0. The molecule has 0 spiro atoms. The van der Waals surface area contributed by atoms with E-state index >= 15 is 0 Å². The maximum atomic E-state index is 11.1. The summed E-state index contributed by atoms with van der Waals surface area (Å²) >= 11 is 0. The van der Waals surface area contributed by atoms with Gasteiger partial charge in [0, 0.05) is 12.5 Å². The number of carbonyl (C=O) groups is 1. The van der Waals surface area contributed by atoms with E-state index in [1.54, 1.807) is 5.48 Å². The van der Waals surface area contributed by atoms with Gasteiger partial charge >= 0.3 is 0 Å². The van der Waals surface area contributed by atoms with Gasteiger partial charge in [0.1, 0.15) is 0 Å². The van der Waals surface area contributed by atoms with Crippen LogP contribution in [0.3, 0.4) is 0 Å². The van der Waals surface area contributed by atoms with Crippen molar-refractivity contribution >= 4 is 5.91 Å². The third kappa shape index (κ3) is 1.95. The molecule has 0 saturated heterocycles. The first-order valence-corrected chi connectivity index (χ1v) is 4.34. The van der Waals surface area contributed by atoms with Crippen molar-refractivity contribution in [3.8, 4) is 0 Å². The molecule has 1 fully saturated rings. The number of rotatable bonds is 2. The normalized spacial score (nSPS) is 29.8. The second-order valence-corrected chi connectivity index (χ2v) is 3.31. The summed E-state index contributed by atoms with van der Waals surface area (Å²) in [4.78, 5) is 11.1. The highest BCUT2D eigenvalue weighted by Gasteiger charge is 2.29. The van der Waals surface area contributed by atoms with Gasteiger partial charge in [0.15, 0.2) is 0 Å². The fourth-order valence-corrected chi connectivity index (χ4v) is 1.85. The minimum Gasteiger partial charge on any atom is -0.396 e. The van der Waals surface area contributed by atoms with Gasteiger partial charge in [-0.1, -0.05) is 12.8 Å². The number of hydroxylamine groups is 1. The molecule has 0 unspecified atom stereocenters. The molecule has 1 aliphatic rings. The molecule has 0 heterocycles. The summed E-state index contributed by atoms with van der Waals surface area (Å²) in [5.41, 5.74) is 1.65. The Bertz CT molecular complexity index is 160. The molecule has 12 heavy (non-hydrogen) atoms. The summed E-state index contributed by atoms with van der Waals surface area (Å²) in [6.07, 6.45) is 3.74. The maximum Gasteiger partial charge on any atom is 0.246 e. The second kappa shape index (κ2) is 4.42. The lowest BCUT2D eigenvalue weighted by atomic mass is 9.79. The Hall–Kier alpha value is -0.610. The van der Waals surface area contributed by atoms with Crippen molar-refractivity contribution in [1.29, 1.82) is 0 Å². The van der Waals surface area contributed by atoms with Crippen molar-refractivity contribution in [3.05, 3.63) is 0 Å².